The number of rotatable bonds is 5. The van der Waals surface area contributed by atoms with Crippen LogP contribution < -0.4 is 0 Å². The van der Waals surface area contributed by atoms with Gasteiger partial charge in [-0.25, -0.2) is 0 Å². The summed E-state index contributed by atoms with van der Waals surface area (Å²) in [5.74, 6) is 1.96. The van der Waals surface area contributed by atoms with Gasteiger partial charge in [-0.3, -0.25) is 0 Å². The molecule has 0 bridgehead atoms. The second-order valence-corrected chi connectivity index (χ2v) is 5.47. The predicted octanol–water partition coefficient (Wildman–Crippen LogP) is 2.38. The monoisotopic (exact) mass is 202 g/mol. The summed E-state index contributed by atoms with van der Waals surface area (Å²) in [6.45, 7) is 13.7. The summed E-state index contributed by atoms with van der Waals surface area (Å²) in [6.07, 6.45) is 1.19. The van der Waals surface area contributed by atoms with Crippen molar-refractivity contribution in [2.24, 2.45) is 17.8 Å². The van der Waals surface area contributed by atoms with Crippen LogP contribution in [0.2, 0.25) is 0 Å². The van der Waals surface area contributed by atoms with Gasteiger partial charge < -0.3 is 4.43 Å². The fraction of sp³-hybridized carbons (Fsp3) is 1.00. The minimum Gasteiger partial charge on any atom is -0.422 e. The average Bonchev–Trinajstić information content (AvgIpc) is 1.98. The Hall–Kier alpha value is 0.177. The SMILES string of the molecule is CC(C)CC(O[SiH3])(C(C)C)C(C)C. The Morgan fingerprint density at radius 3 is 1.46 bits per heavy atom. The van der Waals surface area contributed by atoms with Crippen molar-refractivity contribution in [1.29, 1.82) is 0 Å². The zero-order valence-corrected chi connectivity index (χ0v) is 12.3. The molecular weight excluding hydrogens is 176 g/mol. The molecule has 0 spiro atoms. The third-order valence-corrected chi connectivity index (χ3v) is 3.82. The number of hydrogen-bond acceptors (Lipinski definition) is 1. The van der Waals surface area contributed by atoms with Crippen molar-refractivity contribution < 1.29 is 4.43 Å². The maximum atomic E-state index is 5.91. The van der Waals surface area contributed by atoms with Crippen molar-refractivity contribution in [3.63, 3.8) is 0 Å². The first-order chi connectivity index (χ1) is 5.86. The maximum absolute atomic E-state index is 5.91. The van der Waals surface area contributed by atoms with E-state index < -0.39 is 0 Å². The Kier molecular flexibility index (Phi) is 5.23. The fourth-order valence-electron chi connectivity index (χ4n) is 2.33. The standard InChI is InChI=1S/C11H26OSi/c1-8(2)7-11(12-13,9(3)4)10(5)6/h8-10H,7H2,1-6,13H3. The van der Waals surface area contributed by atoms with Crippen LogP contribution in [-0.4, -0.2) is 16.1 Å². The molecule has 0 N–H and O–H groups in total. The van der Waals surface area contributed by atoms with Gasteiger partial charge in [0.05, 0.1) is 5.60 Å². The lowest BCUT2D eigenvalue weighted by Gasteiger charge is -2.42. The van der Waals surface area contributed by atoms with Gasteiger partial charge in [0.1, 0.15) is 10.5 Å². The Balaban J connectivity index is 4.65. The highest BCUT2D eigenvalue weighted by Crippen LogP contribution is 2.35. The molecule has 13 heavy (non-hydrogen) atoms. The molecule has 0 aromatic carbocycles. The van der Waals surface area contributed by atoms with E-state index in [1.807, 2.05) is 0 Å². The molecule has 0 heterocycles. The van der Waals surface area contributed by atoms with Crippen molar-refractivity contribution in [1.82, 2.24) is 0 Å². The zero-order valence-electron chi connectivity index (χ0n) is 10.3. The molecule has 0 aromatic rings. The van der Waals surface area contributed by atoms with E-state index in [0.29, 0.717) is 11.8 Å². The van der Waals surface area contributed by atoms with Gasteiger partial charge in [0.25, 0.3) is 0 Å². The van der Waals surface area contributed by atoms with Gasteiger partial charge >= 0.3 is 0 Å². The molecule has 0 aliphatic carbocycles. The Labute approximate surface area is 86.8 Å². The molecule has 0 aliphatic heterocycles. The minimum absolute atomic E-state index is 0.125. The van der Waals surface area contributed by atoms with E-state index in [0.717, 1.165) is 16.4 Å². The zero-order chi connectivity index (χ0) is 10.6. The van der Waals surface area contributed by atoms with Crippen LogP contribution in [0.4, 0.5) is 0 Å². The highest BCUT2D eigenvalue weighted by molar-refractivity contribution is 5.98. The first-order valence-corrected chi connectivity index (χ1v) is 6.23. The highest BCUT2D eigenvalue weighted by atomic mass is 28.2. The van der Waals surface area contributed by atoms with E-state index in [1.165, 1.54) is 6.42 Å². The average molecular weight is 202 g/mol. The molecule has 2 heteroatoms. The Morgan fingerprint density at radius 1 is 1.00 bits per heavy atom. The van der Waals surface area contributed by atoms with E-state index in [2.05, 4.69) is 41.5 Å². The van der Waals surface area contributed by atoms with E-state index in [-0.39, 0.29) is 5.60 Å². The van der Waals surface area contributed by atoms with Crippen LogP contribution in [0.1, 0.15) is 48.0 Å². The number of hydrogen-bond donors (Lipinski definition) is 0. The van der Waals surface area contributed by atoms with Crippen LogP contribution in [0.5, 0.6) is 0 Å². The third kappa shape index (κ3) is 3.10. The molecule has 0 rings (SSSR count). The topological polar surface area (TPSA) is 9.23 Å². The second-order valence-electron chi connectivity index (χ2n) is 5.07. The fourth-order valence-corrected chi connectivity index (χ4v) is 3.44. The third-order valence-electron chi connectivity index (χ3n) is 3.06. The summed E-state index contributed by atoms with van der Waals surface area (Å²) in [5, 5.41) is 0. The lowest BCUT2D eigenvalue weighted by molar-refractivity contribution is -0.0323. The highest BCUT2D eigenvalue weighted by Gasteiger charge is 2.36. The lowest BCUT2D eigenvalue weighted by atomic mass is 9.75. The van der Waals surface area contributed by atoms with Crippen LogP contribution in [0, 0.1) is 17.8 Å². The summed E-state index contributed by atoms with van der Waals surface area (Å²) in [5.41, 5.74) is 0.125. The second kappa shape index (κ2) is 5.16. The van der Waals surface area contributed by atoms with E-state index in [1.54, 1.807) is 0 Å². The van der Waals surface area contributed by atoms with Gasteiger partial charge in [0, 0.05) is 0 Å². The van der Waals surface area contributed by atoms with Crippen LogP contribution in [0.3, 0.4) is 0 Å². The molecular formula is C11H26OSi. The minimum atomic E-state index is 0.125. The van der Waals surface area contributed by atoms with Gasteiger partial charge in [-0.15, -0.1) is 0 Å². The van der Waals surface area contributed by atoms with Crippen LogP contribution in [0.25, 0.3) is 0 Å². The predicted molar refractivity (Wildman–Crippen MR) is 62.9 cm³/mol. The van der Waals surface area contributed by atoms with Crippen molar-refractivity contribution >= 4 is 10.5 Å². The Morgan fingerprint density at radius 2 is 1.38 bits per heavy atom. The summed E-state index contributed by atoms with van der Waals surface area (Å²) in [4.78, 5) is 0. The molecule has 0 aromatic heterocycles. The Bertz CT molecular complexity index is 133. The normalized spacial score (nSPS) is 13.6. The first-order valence-electron chi connectivity index (χ1n) is 5.42. The summed E-state index contributed by atoms with van der Waals surface area (Å²) in [7, 11) is 0.847. The van der Waals surface area contributed by atoms with Crippen molar-refractivity contribution in [3.05, 3.63) is 0 Å². The maximum Gasteiger partial charge on any atom is 0.146 e. The quantitative estimate of drug-likeness (QED) is 0.622. The molecule has 0 atom stereocenters. The smallest absolute Gasteiger partial charge is 0.146 e. The first kappa shape index (κ1) is 13.2. The van der Waals surface area contributed by atoms with Gasteiger partial charge in [0.15, 0.2) is 0 Å². The molecule has 1 nitrogen and oxygen atoms in total. The molecule has 0 fully saturated rings. The van der Waals surface area contributed by atoms with E-state index in [4.69, 9.17) is 4.43 Å². The summed E-state index contributed by atoms with van der Waals surface area (Å²) in [6, 6.07) is 0. The molecule has 0 radical (unpaired) electrons. The molecule has 0 aliphatic rings. The van der Waals surface area contributed by atoms with E-state index >= 15 is 0 Å². The van der Waals surface area contributed by atoms with Crippen LogP contribution in [0.15, 0.2) is 0 Å². The van der Waals surface area contributed by atoms with E-state index in [9.17, 15) is 0 Å². The molecule has 0 saturated heterocycles. The van der Waals surface area contributed by atoms with Crippen molar-refractivity contribution in [2.45, 2.75) is 53.6 Å². The van der Waals surface area contributed by atoms with Crippen LogP contribution >= 0.6 is 0 Å². The van der Waals surface area contributed by atoms with Gasteiger partial charge in [-0.2, -0.15) is 0 Å². The van der Waals surface area contributed by atoms with Gasteiger partial charge in [-0.1, -0.05) is 41.5 Å². The summed E-state index contributed by atoms with van der Waals surface area (Å²) < 4.78 is 5.91. The molecule has 0 saturated carbocycles. The van der Waals surface area contributed by atoms with Crippen LogP contribution in [-0.2, 0) is 4.43 Å². The lowest BCUT2D eigenvalue weighted by Crippen LogP contribution is -2.44. The summed E-state index contributed by atoms with van der Waals surface area (Å²) >= 11 is 0. The van der Waals surface area contributed by atoms with Crippen molar-refractivity contribution in [3.8, 4) is 0 Å². The molecule has 80 valence electrons. The van der Waals surface area contributed by atoms with Crippen molar-refractivity contribution in [2.75, 3.05) is 0 Å². The largest absolute Gasteiger partial charge is 0.422 e. The molecule has 0 amide bonds. The van der Waals surface area contributed by atoms with Gasteiger partial charge in [0.2, 0.25) is 0 Å². The van der Waals surface area contributed by atoms with Gasteiger partial charge in [-0.05, 0) is 24.2 Å². The molecule has 0 unspecified atom stereocenters.